The summed E-state index contributed by atoms with van der Waals surface area (Å²) in [5.74, 6) is -0.197. The van der Waals surface area contributed by atoms with E-state index in [0.29, 0.717) is 19.4 Å². The summed E-state index contributed by atoms with van der Waals surface area (Å²) in [6.45, 7) is 0.606. The van der Waals surface area contributed by atoms with Crippen molar-refractivity contribution in [3.63, 3.8) is 0 Å². The van der Waals surface area contributed by atoms with Crippen molar-refractivity contribution >= 4 is 7.60 Å². The molecule has 0 aliphatic heterocycles. The predicted molar refractivity (Wildman–Crippen MR) is 70.4 cm³/mol. The number of rotatable bonds is 8. The lowest BCUT2D eigenvalue weighted by Crippen LogP contribution is -2.19. The molecule has 1 aromatic rings. The maximum atomic E-state index is 10.8. The summed E-state index contributed by atoms with van der Waals surface area (Å²) < 4.78 is 16.3. The third-order valence-corrected chi connectivity index (χ3v) is 3.71. The first-order valence-corrected chi connectivity index (χ1v) is 7.67. The van der Waals surface area contributed by atoms with Gasteiger partial charge in [-0.2, -0.15) is 0 Å². The molecule has 5 nitrogen and oxygen atoms in total. The first-order valence-electron chi connectivity index (χ1n) is 5.99. The fraction of sp³-hybridized carbons (Fsp3) is 0.500. The van der Waals surface area contributed by atoms with Crippen LogP contribution in [-0.2, 0) is 4.57 Å². The molecular formula is C12H20NO4P. The Morgan fingerprint density at radius 3 is 2.44 bits per heavy atom. The van der Waals surface area contributed by atoms with Crippen molar-refractivity contribution in [2.45, 2.75) is 31.5 Å². The van der Waals surface area contributed by atoms with Crippen LogP contribution in [0.4, 0.5) is 0 Å². The highest BCUT2D eigenvalue weighted by Gasteiger charge is 2.23. The summed E-state index contributed by atoms with van der Waals surface area (Å²) in [5, 5.41) is 0. The molecular weight excluding hydrogens is 253 g/mol. The minimum absolute atomic E-state index is 0.343. The Bertz CT molecular complexity index is 379. The van der Waals surface area contributed by atoms with Gasteiger partial charge in [0.25, 0.3) is 0 Å². The molecule has 0 aliphatic carbocycles. The molecule has 1 aromatic carbocycles. The molecule has 0 saturated carbocycles. The predicted octanol–water partition coefficient (Wildman–Crippen LogP) is 2.09. The van der Waals surface area contributed by atoms with Gasteiger partial charge in [0.15, 0.2) is 0 Å². The second kappa shape index (κ2) is 7.54. The summed E-state index contributed by atoms with van der Waals surface area (Å²) >= 11 is 0. The molecule has 0 amide bonds. The van der Waals surface area contributed by atoms with Gasteiger partial charge in [0, 0.05) is 0 Å². The number of hydrogen-bond donors (Lipinski definition) is 3. The average Bonchev–Trinajstić information content (AvgIpc) is 2.33. The fourth-order valence-corrected chi connectivity index (χ4v) is 2.03. The van der Waals surface area contributed by atoms with Crippen molar-refractivity contribution in [1.29, 1.82) is 0 Å². The maximum absolute atomic E-state index is 10.8. The summed E-state index contributed by atoms with van der Waals surface area (Å²) in [4.78, 5) is 17.6. The monoisotopic (exact) mass is 273 g/mol. The van der Waals surface area contributed by atoms with Crippen LogP contribution >= 0.6 is 7.60 Å². The molecule has 0 unspecified atom stereocenters. The molecule has 4 N–H and O–H groups in total. The van der Waals surface area contributed by atoms with Crippen LogP contribution in [0.2, 0.25) is 0 Å². The zero-order valence-electron chi connectivity index (χ0n) is 10.2. The normalized spacial score (nSPS) is 13.3. The maximum Gasteiger partial charge on any atom is 0.342 e. The molecule has 0 spiro atoms. The lowest BCUT2D eigenvalue weighted by Gasteiger charge is -2.12. The van der Waals surface area contributed by atoms with Gasteiger partial charge in [0.1, 0.15) is 11.5 Å². The SMILES string of the molecule is N[C@H](CCCCCOc1ccccc1)P(=O)(O)O. The Hall–Kier alpha value is -0.870. The van der Waals surface area contributed by atoms with Gasteiger partial charge in [-0.05, 0) is 31.4 Å². The van der Waals surface area contributed by atoms with E-state index in [1.165, 1.54) is 0 Å². The zero-order chi connectivity index (χ0) is 13.4. The first kappa shape index (κ1) is 15.2. The van der Waals surface area contributed by atoms with Crippen molar-refractivity contribution in [1.82, 2.24) is 0 Å². The smallest absolute Gasteiger partial charge is 0.342 e. The van der Waals surface area contributed by atoms with Crippen LogP contribution in [0.1, 0.15) is 25.7 Å². The second-order valence-electron chi connectivity index (χ2n) is 4.17. The topological polar surface area (TPSA) is 92.8 Å². The fourth-order valence-electron chi connectivity index (χ4n) is 1.51. The van der Waals surface area contributed by atoms with Crippen LogP contribution in [0.5, 0.6) is 5.75 Å². The molecule has 0 saturated heterocycles. The van der Waals surface area contributed by atoms with Crippen LogP contribution < -0.4 is 10.5 Å². The molecule has 0 fully saturated rings. The number of hydrogen-bond acceptors (Lipinski definition) is 3. The summed E-state index contributed by atoms with van der Waals surface area (Å²) in [6.07, 6.45) is 2.74. The first-order chi connectivity index (χ1) is 8.50. The molecule has 0 aromatic heterocycles. The standard InChI is InChI=1S/C12H20NO4P/c13-12(18(14,15)16)9-5-2-6-10-17-11-7-3-1-4-8-11/h1,3-4,7-8,12H,2,5-6,9-10,13H2,(H2,14,15,16)/t12-/m0/s1. The van der Waals surface area contributed by atoms with Crippen molar-refractivity contribution in [3.8, 4) is 5.75 Å². The number of unbranched alkanes of at least 4 members (excludes halogenated alkanes) is 2. The average molecular weight is 273 g/mol. The largest absolute Gasteiger partial charge is 0.494 e. The van der Waals surface area contributed by atoms with E-state index in [9.17, 15) is 4.57 Å². The molecule has 6 heteroatoms. The van der Waals surface area contributed by atoms with Gasteiger partial charge in [-0.25, -0.2) is 0 Å². The molecule has 0 heterocycles. The quantitative estimate of drug-likeness (QED) is 0.498. The van der Waals surface area contributed by atoms with Crippen LogP contribution in [0.25, 0.3) is 0 Å². The lowest BCUT2D eigenvalue weighted by molar-refractivity contribution is 0.303. The third-order valence-electron chi connectivity index (χ3n) is 2.59. The lowest BCUT2D eigenvalue weighted by atomic mass is 10.2. The van der Waals surface area contributed by atoms with Gasteiger partial charge in [0.2, 0.25) is 0 Å². The van der Waals surface area contributed by atoms with E-state index in [1.807, 2.05) is 30.3 Å². The van der Waals surface area contributed by atoms with Crippen molar-refractivity contribution in [2.24, 2.45) is 5.73 Å². The van der Waals surface area contributed by atoms with Crippen molar-refractivity contribution < 1.29 is 19.1 Å². The van der Waals surface area contributed by atoms with Gasteiger partial charge < -0.3 is 20.3 Å². The molecule has 0 bridgehead atoms. The number of ether oxygens (including phenoxy) is 1. The molecule has 0 radical (unpaired) electrons. The molecule has 102 valence electrons. The van der Waals surface area contributed by atoms with E-state index >= 15 is 0 Å². The van der Waals surface area contributed by atoms with E-state index in [2.05, 4.69) is 0 Å². The molecule has 0 aliphatic rings. The highest BCUT2D eigenvalue weighted by atomic mass is 31.2. The molecule has 1 atom stereocenters. The minimum atomic E-state index is -4.11. The van der Waals surface area contributed by atoms with E-state index in [-0.39, 0.29) is 0 Å². The van der Waals surface area contributed by atoms with E-state index in [0.717, 1.165) is 18.6 Å². The minimum Gasteiger partial charge on any atom is -0.494 e. The van der Waals surface area contributed by atoms with E-state index in [1.54, 1.807) is 0 Å². The zero-order valence-corrected chi connectivity index (χ0v) is 11.1. The van der Waals surface area contributed by atoms with Gasteiger partial charge in [-0.1, -0.05) is 24.6 Å². The van der Waals surface area contributed by atoms with E-state index < -0.39 is 13.4 Å². The summed E-state index contributed by atoms with van der Waals surface area (Å²) in [6, 6.07) is 9.53. The van der Waals surface area contributed by atoms with Gasteiger partial charge in [-0.15, -0.1) is 0 Å². The highest BCUT2D eigenvalue weighted by molar-refractivity contribution is 7.52. The van der Waals surface area contributed by atoms with Crippen LogP contribution in [0, 0.1) is 0 Å². The Morgan fingerprint density at radius 1 is 1.17 bits per heavy atom. The Kier molecular flexibility index (Phi) is 6.36. The third kappa shape index (κ3) is 6.17. The van der Waals surface area contributed by atoms with Gasteiger partial charge in [-0.3, -0.25) is 4.57 Å². The van der Waals surface area contributed by atoms with E-state index in [4.69, 9.17) is 20.3 Å². The molecule has 1 rings (SSSR count). The van der Waals surface area contributed by atoms with Crippen molar-refractivity contribution in [2.75, 3.05) is 6.61 Å². The van der Waals surface area contributed by atoms with Crippen molar-refractivity contribution in [3.05, 3.63) is 30.3 Å². The number of benzene rings is 1. The van der Waals surface area contributed by atoms with Crippen LogP contribution in [-0.4, -0.2) is 22.2 Å². The van der Waals surface area contributed by atoms with Gasteiger partial charge >= 0.3 is 7.60 Å². The Balaban J connectivity index is 2.04. The summed E-state index contributed by atoms with van der Waals surface area (Å²) in [7, 11) is -4.11. The number of nitrogens with two attached hydrogens (primary N) is 1. The van der Waals surface area contributed by atoms with Crippen LogP contribution in [0.3, 0.4) is 0 Å². The van der Waals surface area contributed by atoms with Crippen LogP contribution in [0.15, 0.2) is 30.3 Å². The number of para-hydroxylation sites is 1. The summed E-state index contributed by atoms with van der Waals surface area (Å²) in [5.41, 5.74) is 5.36. The van der Waals surface area contributed by atoms with Gasteiger partial charge in [0.05, 0.1) is 6.61 Å². The Morgan fingerprint density at radius 2 is 1.83 bits per heavy atom. The second-order valence-corrected chi connectivity index (χ2v) is 6.01. The Labute approximate surface area is 107 Å². The molecule has 18 heavy (non-hydrogen) atoms. The highest BCUT2D eigenvalue weighted by Crippen LogP contribution is 2.40.